The molecule has 1 fully saturated rings. The van der Waals surface area contributed by atoms with Gasteiger partial charge in [0, 0.05) is 38.4 Å². The van der Waals surface area contributed by atoms with Crippen LogP contribution in [0.5, 0.6) is 0 Å². The third-order valence-electron chi connectivity index (χ3n) is 8.71. The normalized spacial score (nSPS) is 14.8. The van der Waals surface area contributed by atoms with Gasteiger partial charge < -0.3 is 20.3 Å². The summed E-state index contributed by atoms with van der Waals surface area (Å²) in [5.41, 5.74) is 5.87. The van der Waals surface area contributed by atoms with Crippen LogP contribution in [0.2, 0.25) is 0 Å². The summed E-state index contributed by atoms with van der Waals surface area (Å²) in [6, 6.07) is 28.4. The van der Waals surface area contributed by atoms with Crippen LogP contribution in [-0.2, 0) is 49.8 Å². The largest absolute Gasteiger partial charge is 0.461 e. The molecule has 0 saturated carbocycles. The highest BCUT2D eigenvalue weighted by molar-refractivity contribution is 5.93. The van der Waals surface area contributed by atoms with Gasteiger partial charge in [-0.3, -0.25) is 29.6 Å². The van der Waals surface area contributed by atoms with Gasteiger partial charge in [-0.25, -0.2) is 9.80 Å². The van der Waals surface area contributed by atoms with Gasteiger partial charge in [0.2, 0.25) is 17.7 Å². The van der Waals surface area contributed by atoms with Gasteiger partial charge in [-0.2, -0.15) is 0 Å². The highest BCUT2D eigenvalue weighted by Gasteiger charge is 2.38. The van der Waals surface area contributed by atoms with Crippen molar-refractivity contribution in [2.24, 2.45) is 0 Å². The van der Waals surface area contributed by atoms with Crippen LogP contribution in [0.3, 0.4) is 0 Å². The zero-order chi connectivity index (χ0) is 36.7. The van der Waals surface area contributed by atoms with Crippen molar-refractivity contribution in [1.29, 1.82) is 0 Å². The van der Waals surface area contributed by atoms with Gasteiger partial charge in [-0.15, -0.1) is 0 Å². The summed E-state index contributed by atoms with van der Waals surface area (Å²) >= 11 is 0. The lowest BCUT2D eigenvalue weighted by Crippen LogP contribution is -2.58. The lowest BCUT2D eigenvalue weighted by Gasteiger charge is -2.30. The fourth-order valence-electron chi connectivity index (χ4n) is 6.12. The van der Waals surface area contributed by atoms with Crippen molar-refractivity contribution in [3.8, 4) is 0 Å². The second-order valence-corrected chi connectivity index (χ2v) is 12.8. The number of rotatable bonds is 14. The average molecular weight is 705 g/mol. The first-order chi connectivity index (χ1) is 25.2. The van der Waals surface area contributed by atoms with E-state index in [1.165, 1.54) is 11.9 Å². The number of nitrogens with one attached hydrogen (secondary N) is 3. The minimum absolute atomic E-state index is 0.0868. The van der Waals surface area contributed by atoms with Crippen molar-refractivity contribution in [2.45, 2.75) is 63.3 Å². The number of ether oxygens (including phenoxy) is 1. The molecule has 4 aromatic rings. The number of hydrazine groups is 1. The van der Waals surface area contributed by atoms with Gasteiger partial charge in [-0.05, 0) is 47.6 Å². The third-order valence-corrected chi connectivity index (χ3v) is 8.71. The Hall–Kier alpha value is -6.04. The Morgan fingerprint density at radius 2 is 1.44 bits per heavy atom. The van der Waals surface area contributed by atoms with E-state index in [2.05, 4.69) is 21.0 Å². The molecule has 3 atom stereocenters. The molecule has 52 heavy (non-hydrogen) atoms. The molecule has 12 heteroatoms. The molecule has 0 spiro atoms. The molecule has 2 heterocycles. The van der Waals surface area contributed by atoms with Gasteiger partial charge in [0.1, 0.15) is 18.7 Å². The summed E-state index contributed by atoms with van der Waals surface area (Å²) in [4.78, 5) is 72.5. The Labute approximate surface area is 303 Å². The van der Waals surface area contributed by atoms with Crippen molar-refractivity contribution < 1.29 is 28.7 Å². The van der Waals surface area contributed by atoms with Gasteiger partial charge in [0.15, 0.2) is 0 Å². The molecule has 5 rings (SSSR count). The molecular weight excluding hydrogens is 660 g/mol. The molecule has 5 amide bonds. The van der Waals surface area contributed by atoms with E-state index in [0.717, 1.165) is 21.7 Å². The summed E-state index contributed by atoms with van der Waals surface area (Å²) in [5, 5.41) is 6.96. The number of amides is 5. The summed E-state index contributed by atoms with van der Waals surface area (Å²) < 4.78 is 5.54. The molecule has 12 nitrogen and oxygen atoms in total. The zero-order valence-electron chi connectivity index (χ0n) is 29.1. The minimum Gasteiger partial charge on any atom is -0.461 e. The second-order valence-electron chi connectivity index (χ2n) is 12.8. The summed E-state index contributed by atoms with van der Waals surface area (Å²) in [7, 11) is 1.44. The summed E-state index contributed by atoms with van der Waals surface area (Å²) in [5.74, 6) is -1.83. The van der Waals surface area contributed by atoms with Crippen LogP contribution in [0.25, 0.3) is 0 Å². The molecule has 0 aliphatic carbocycles. The quantitative estimate of drug-likeness (QED) is 0.134. The number of aromatic nitrogens is 1. The minimum atomic E-state index is -1.05. The number of likely N-dealkylation sites (tertiary alicyclic amines) is 1. The van der Waals surface area contributed by atoms with E-state index < -0.39 is 41.9 Å². The van der Waals surface area contributed by atoms with E-state index in [9.17, 15) is 24.0 Å². The van der Waals surface area contributed by atoms with Crippen LogP contribution in [0.4, 0.5) is 4.79 Å². The van der Waals surface area contributed by atoms with Crippen molar-refractivity contribution in [1.82, 2.24) is 31.0 Å². The Bertz CT molecular complexity index is 1780. The van der Waals surface area contributed by atoms with E-state index >= 15 is 0 Å². The second kappa shape index (κ2) is 18.8. The van der Waals surface area contributed by atoms with Crippen molar-refractivity contribution in [3.63, 3.8) is 0 Å². The lowest BCUT2D eigenvalue weighted by atomic mass is 10.0. The number of carbonyl (C=O) groups excluding carboxylic acids is 5. The van der Waals surface area contributed by atoms with E-state index in [-0.39, 0.29) is 31.8 Å². The molecule has 0 radical (unpaired) electrons. The highest BCUT2D eigenvalue weighted by Crippen LogP contribution is 2.20. The number of benzene rings is 3. The highest BCUT2D eigenvalue weighted by atomic mass is 16.5. The number of esters is 1. The van der Waals surface area contributed by atoms with Crippen molar-refractivity contribution in [3.05, 3.63) is 138 Å². The standard InChI is InChI=1S/C40H44N6O6/c1-45(44-36(47)25-30-15-7-3-8-16-30)40(51)46-22-12-20-35(46)39(50)43-34(24-32-19-11-21-41-27-32)38(49)42-33(23-29-13-5-2-6-14-29)26-37(48)52-28-31-17-9-4-10-18-31/h2-11,13-19,21,27,33-35H,12,20,22-26,28H2,1H3,(H,42,49)(H,43,50)(H,44,47)/t33-,34-,35-/m0/s1. The number of carbonyl (C=O) groups is 5. The Balaban J connectivity index is 1.26. The number of nitrogens with zero attached hydrogens (tertiary/aromatic N) is 3. The fourth-order valence-corrected chi connectivity index (χ4v) is 6.12. The molecule has 0 unspecified atom stereocenters. The summed E-state index contributed by atoms with van der Waals surface area (Å²) in [6.07, 6.45) is 4.66. The van der Waals surface area contributed by atoms with E-state index in [0.29, 0.717) is 31.4 Å². The van der Waals surface area contributed by atoms with Gasteiger partial charge in [-0.1, -0.05) is 97.1 Å². The fraction of sp³-hybridized carbons (Fsp3) is 0.300. The molecule has 3 aromatic carbocycles. The Morgan fingerprint density at radius 3 is 2.10 bits per heavy atom. The predicted octanol–water partition coefficient (Wildman–Crippen LogP) is 3.76. The van der Waals surface area contributed by atoms with Crippen LogP contribution < -0.4 is 16.1 Å². The molecule has 1 aliphatic rings. The molecule has 1 aromatic heterocycles. The predicted molar refractivity (Wildman–Crippen MR) is 194 cm³/mol. The van der Waals surface area contributed by atoms with Crippen LogP contribution in [-0.4, -0.2) is 76.3 Å². The zero-order valence-corrected chi connectivity index (χ0v) is 29.1. The number of hydrogen-bond acceptors (Lipinski definition) is 7. The number of hydrogen-bond donors (Lipinski definition) is 3. The van der Waals surface area contributed by atoms with Gasteiger partial charge >= 0.3 is 12.0 Å². The SMILES string of the molecule is CN(NC(=O)Cc1ccccc1)C(=O)N1CCC[C@H]1C(=O)N[C@@H](Cc1cccnc1)C(=O)N[C@H](CC(=O)OCc1ccccc1)Cc1ccccc1. The average Bonchev–Trinajstić information content (AvgIpc) is 3.65. The van der Waals surface area contributed by atoms with Crippen LogP contribution in [0.15, 0.2) is 116 Å². The third kappa shape index (κ3) is 11.2. The van der Waals surface area contributed by atoms with E-state index in [4.69, 9.17) is 4.74 Å². The molecule has 270 valence electrons. The Morgan fingerprint density at radius 1 is 0.808 bits per heavy atom. The molecular formula is C40H44N6O6. The van der Waals surface area contributed by atoms with E-state index in [1.54, 1.807) is 24.5 Å². The van der Waals surface area contributed by atoms with E-state index in [1.807, 2.05) is 91.0 Å². The first-order valence-corrected chi connectivity index (χ1v) is 17.4. The Kier molecular flexibility index (Phi) is 13.5. The van der Waals surface area contributed by atoms with Crippen LogP contribution in [0.1, 0.15) is 41.5 Å². The molecule has 3 N–H and O–H groups in total. The number of urea groups is 1. The first-order valence-electron chi connectivity index (χ1n) is 17.4. The maximum Gasteiger partial charge on any atom is 0.339 e. The molecule has 0 bridgehead atoms. The maximum absolute atomic E-state index is 14.0. The van der Waals surface area contributed by atoms with Crippen LogP contribution in [0, 0.1) is 0 Å². The van der Waals surface area contributed by atoms with Crippen molar-refractivity contribution in [2.75, 3.05) is 13.6 Å². The lowest BCUT2D eigenvalue weighted by molar-refractivity contribution is -0.145. The molecule has 1 aliphatic heterocycles. The number of pyridine rings is 1. The maximum atomic E-state index is 14.0. The molecule has 1 saturated heterocycles. The van der Waals surface area contributed by atoms with Crippen molar-refractivity contribution >= 4 is 29.7 Å². The van der Waals surface area contributed by atoms with Gasteiger partial charge in [0.05, 0.1) is 12.8 Å². The first kappa shape index (κ1) is 37.2. The van der Waals surface area contributed by atoms with Gasteiger partial charge in [0.25, 0.3) is 0 Å². The van der Waals surface area contributed by atoms with Crippen LogP contribution >= 0.6 is 0 Å². The summed E-state index contributed by atoms with van der Waals surface area (Å²) in [6.45, 7) is 0.410. The monoisotopic (exact) mass is 704 g/mol. The topological polar surface area (TPSA) is 150 Å². The smallest absolute Gasteiger partial charge is 0.339 e.